The first-order valence-electron chi connectivity index (χ1n) is 8.15. The molecule has 6 heteroatoms. The standard InChI is InChI=1S/C19H23F2N3O/c1-6-24(5)11-22-18-7-12(2)19(23-13(18)3)25-14(4)15-8-16(20)10-17(21)9-15/h7-11,14H,6H2,1-5H3/b22-11+/t14-/m0/s1. The van der Waals surface area contributed by atoms with E-state index < -0.39 is 17.7 Å². The van der Waals surface area contributed by atoms with Gasteiger partial charge in [0.25, 0.3) is 0 Å². The van der Waals surface area contributed by atoms with Gasteiger partial charge >= 0.3 is 0 Å². The van der Waals surface area contributed by atoms with E-state index >= 15 is 0 Å². The maximum absolute atomic E-state index is 13.4. The van der Waals surface area contributed by atoms with E-state index in [0.29, 0.717) is 11.4 Å². The first kappa shape index (κ1) is 18.8. The highest BCUT2D eigenvalue weighted by Gasteiger charge is 2.14. The zero-order valence-electron chi connectivity index (χ0n) is 15.2. The van der Waals surface area contributed by atoms with Crippen LogP contribution in [-0.2, 0) is 0 Å². The third-order valence-electron chi connectivity index (χ3n) is 3.87. The molecule has 1 aromatic carbocycles. The molecular weight excluding hydrogens is 324 g/mol. The summed E-state index contributed by atoms with van der Waals surface area (Å²) in [6, 6.07) is 5.24. The number of nitrogens with zero attached hydrogens (tertiary/aromatic N) is 3. The van der Waals surface area contributed by atoms with Crippen LogP contribution < -0.4 is 4.74 Å². The molecule has 134 valence electrons. The van der Waals surface area contributed by atoms with E-state index in [4.69, 9.17) is 4.74 Å². The van der Waals surface area contributed by atoms with Crippen molar-refractivity contribution in [3.63, 3.8) is 0 Å². The molecule has 1 heterocycles. The van der Waals surface area contributed by atoms with Gasteiger partial charge in [0.1, 0.15) is 17.7 Å². The highest BCUT2D eigenvalue weighted by atomic mass is 19.1. The zero-order valence-corrected chi connectivity index (χ0v) is 15.2. The van der Waals surface area contributed by atoms with Crippen LogP contribution in [0.15, 0.2) is 29.3 Å². The predicted molar refractivity (Wildman–Crippen MR) is 95.6 cm³/mol. The Bertz CT molecular complexity index is 757. The quantitative estimate of drug-likeness (QED) is 0.560. The Kier molecular flexibility index (Phi) is 6.07. The summed E-state index contributed by atoms with van der Waals surface area (Å²) >= 11 is 0. The fraction of sp³-hybridized carbons (Fsp3) is 0.368. The molecule has 0 radical (unpaired) electrons. The largest absolute Gasteiger partial charge is 0.470 e. The summed E-state index contributed by atoms with van der Waals surface area (Å²) in [6.45, 7) is 8.33. The number of hydrogen-bond acceptors (Lipinski definition) is 3. The lowest BCUT2D eigenvalue weighted by Crippen LogP contribution is -2.14. The lowest BCUT2D eigenvalue weighted by atomic mass is 10.1. The SMILES string of the molecule is CCN(C)/C=N/c1cc(C)c(O[C@@H](C)c2cc(F)cc(F)c2)nc1C. The van der Waals surface area contributed by atoms with Crippen LogP contribution in [0.1, 0.15) is 36.8 Å². The van der Waals surface area contributed by atoms with Gasteiger partial charge in [-0.1, -0.05) is 0 Å². The van der Waals surface area contributed by atoms with Gasteiger partial charge < -0.3 is 9.64 Å². The predicted octanol–water partition coefficient (Wildman–Crippen LogP) is 4.73. The van der Waals surface area contributed by atoms with Gasteiger partial charge in [0.15, 0.2) is 0 Å². The average molecular weight is 347 g/mol. The molecule has 0 aliphatic heterocycles. The van der Waals surface area contributed by atoms with Crippen molar-refractivity contribution in [1.29, 1.82) is 0 Å². The number of halogens is 2. The number of aryl methyl sites for hydroxylation is 2. The summed E-state index contributed by atoms with van der Waals surface area (Å²) in [5, 5.41) is 0. The van der Waals surface area contributed by atoms with Gasteiger partial charge in [-0.25, -0.2) is 18.8 Å². The van der Waals surface area contributed by atoms with Crippen molar-refractivity contribution in [2.75, 3.05) is 13.6 Å². The number of rotatable bonds is 6. The average Bonchev–Trinajstić information content (AvgIpc) is 2.55. The van der Waals surface area contributed by atoms with Gasteiger partial charge in [0.2, 0.25) is 5.88 Å². The molecule has 0 spiro atoms. The molecule has 0 N–H and O–H groups in total. The molecule has 0 amide bonds. The highest BCUT2D eigenvalue weighted by molar-refractivity contribution is 5.62. The summed E-state index contributed by atoms with van der Waals surface area (Å²) in [4.78, 5) is 10.8. The molecule has 2 aromatic rings. The molecule has 0 unspecified atom stereocenters. The summed E-state index contributed by atoms with van der Waals surface area (Å²) < 4.78 is 32.6. The first-order chi connectivity index (χ1) is 11.8. The van der Waals surface area contributed by atoms with Crippen molar-refractivity contribution >= 4 is 12.0 Å². The maximum atomic E-state index is 13.4. The van der Waals surface area contributed by atoms with Crippen LogP contribution in [0.5, 0.6) is 5.88 Å². The smallest absolute Gasteiger partial charge is 0.217 e. The van der Waals surface area contributed by atoms with Gasteiger partial charge in [0, 0.05) is 25.2 Å². The Balaban J connectivity index is 2.22. The van der Waals surface area contributed by atoms with Crippen LogP contribution in [-0.4, -0.2) is 29.8 Å². The highest BCUT2D eigenvalue weighted by Crippen LogP contribution is 2.28. The monoisotopic (exact) mass is 347 g/mol. The molecular formula is C19H23F2N3O. The molecule has 4 nitrogen and oxygen atoms in total. The number of ether oxygens (including phenoxy) is 1. The van der Waals surface area contributed by atoms with Crippen molar-refractivity contribution in [3.8, 4) is 5.88 Å². The molecule has 0 bridgehead atoms. The molecule has 1 aromatic heterocycles. The Morgan fingerprint density at radius 3 is 2.44 bits per heavy atom. The molecule has 1 atom stereocenters. The van der Waals surface area contributed by atoms with Crippen LogP contribution in [0.25, 0.3) is 0 Å². The van der Waals surface area contributed by atoms with Crippen LogP contribution in [0.4, 0.5) is 14.5 Å². The summed E-state index contributed by atoms with van der Waals surface area (Å²) in [5.74, 6) is -0.829. The minimum absolute atomic E-state index is 0.419. The van der Waals surface area contributed by atoms with Crippen LogP contribution in [0.3, 0.4) is 0 Å². The van der Waals surface area contributed by atoms with E-state index in [0.717, 1.165) is 29.6 Å². The molecule has 25 heavy (non-hydrogen) atoms. The Labute approximate surface area is 147 Å². The summed E-state index contributed by atoms with van der Waals surface area (Å²) in [7, 11) is 1.94. The third-order valence-corrected chi connectivity index (χ3v) is 3.87. The van der Waals surface area contributed by atoms with E-state index in [2.05, 4.69) is 9.98 Å². The van der Waals surface area contributed by atoms with Crippen molar-refractivity contribution in [2.45, 2.75) is 33.8 Å². The van der Waals surface area contributed by atoms with Crippen molar-refractivity contribution < 1.29 is 13.5 Å². The van der Waals surface area contributed by atoms with Crippen molar-refractivity contribution in [1.82, 2.24) is 9.88 Å². The number of hydrogen-bond donors (Lipinski definition) is 0. The van der Waals surface area contributed by atoms with E-state index in [1.54, 1.807) is 13.3 Å². The zero-order chi connectivity index (χ0) is 18.6. The Morgan fingerprint density at radius 1 is 1.20 bits per heavy atom. The van der Waals surface area contributed by atoms with Gasteiger partial charge in [-0.2, -0.15) is 0 Å². The topological polar surface area (TPSA) is 37.7 Å². The first-order valence-corrected chi connectivity index (χ1v) is 8.15. The molecule has 0 aliphatic carbocycles. The molecule has 0 saturated heterocycles. The van der Waals surface area contributed by atoms with Gasteiger partial charge in [-0.15, -0.1) is 0 Å². The van der Waals surface area contributed by atoms with Gasteiger partial charge in [-0.05, 0) is 51.5 Å². The molecule has 0 aliphatic rings. The number of aromatic nitrogens is 1. The van der Waals surface area contributed by atoms with E-state index in [1.807, 2.05) is 38.8 Å². The van der Waals surface area contributed by atoms with Gasteiger partial charge in [-0.3, -0.25) is 0 Å². The lowest BCUT2D eigenvalue weighted by Gasteiger charge is -2.17. The second kappa shape index (κ2) is 8.05. The summed E-state index contributed by atoms with van der Waals surface area (Å²) in [5.41, 5.74) is 2.71. The van der Waals surface area contributed by atoms with E-state index in [1.165, 1.54) is 12.1 Å². The number of aliphatic imine (C=N–C) groups is 1. The van der Waals surface area contributed by atoms with Crippen LogP contribution in [0, 0.1) is 25.5 Å². The number of pyridine rings is 1. The van der Waals surface area contributed by atoms with E-state index in [9.17, 15) is 8.78 Å². The lowest BCUT2D eigenvalue weighted by molar-refractivity contribution is 0.214. The fourth-order valence-electron chi connectivity index (χ4n) is 2.21. The van der Waals surface area contributed by atoms with Gasteiger partial charge in [0.05, 0.1) is 17.7 Å². The van der Waals surface area contributed by atoms with Crippen LogP contribution in [0.2, 0.25) is 0 Å². The Hall–Kier alpha value is -2.50. The normalized spacial score (nSPS) is 12.4. The van der Waals surface area contributed by atoms with E-state index in [-0.39, 0.29) is 0 Å². The second-order valence-corrected chi connectivity index (χ2v) is 6.00. The third kappa shape index (κ3) is 4.98. The summed E-state index contributed by atoms with van der Waals surface area (Å²) in [6.07, 6.45) is 1.22. The second-order valence-electron chi connectivity index (χ2n) is 6.00. The molecule has 2 rings (SSSR count). The van der Waals surface area contributed by atoms with Crippen molar-refractivity contribution in [3.05, 3.63) is 52.7 Å². The minimum Gasteiger partial charge on any atom is -0.470 e. The number of benzene rings is 1. The fourth-order valence-corrected chi connectivity index (χ4v) is 2.21. The molecule has 0 fully saturated rings. The Morgan fingerprint density at radius 2 is 1.84 bits per heavy atom. The minimum atomic E-state index is -0.629. The molecule has 0 saturated carbocycles. The maximum Gasteiger partial charge on any atom is 0.217 e. The van der Waals surface area contributed by atoms with Crippen molar-refractivity contribution in [2.24, 2.45) is 4.99 Å². The van der Waals surface area contributed by atoms with Crippen LogP contribution >= 0.6 is 0 Å².